The van der Waals surface area contributed by atoms with Crippen molar-refractivity contribution in [2.24, 2.45) is 11.7 Å². The third-order valence-electron chi connectivity index (χ3n) is 2.78. The molecule has 1 aromatic carbocycles. The molecule has 0 saturated carbocycles. The molecule has 0 radical (unpaired) electrons. The van der Waals surface area contributed by atoms with E-state index < -0.39 is 0 Å². The van der Waals surface area contributed by atoms with Crippen molar-refractivity contribution in [3.8, 4) is 0 Å². The van der Waals surface area contributed by atoms with Crippen LogP contribution in [0.2, 0.25) is 0 Å². The first-order valence-electron chi connectivity index (χ1n) is 4.80. The van der Waals surface area contributed by atoms with Gasteiger partial charge in [-0.15, -0.1) is 0 Å². The standard InChI is InChI=1S/C11H16N2/c1-13-8-9(7-12)6-10-4-2-3-5-11(10)13/h2-5,9H,6-8,12H2,1H3. The summed E-state index contributed by atoms with van der Waals surface area (Å²) >= 11 is 0. The number of para-hydroxylation sites is 1. The van der Waals surface area contributed by atoms with Crippen molar-refractivity contribution in [3.05, 3.63) is 29.8 Å². The molecule has 2 heteroatoms. The first kappa shape index (κ1) is 8.57. The summed E-state index contributed by atoms with van der Waals surface area (Å²) in [7, 11) is 2.14. The van der Waals surface area contributed by atoms with Gasteiger partial charge >= 0.3 is 0 Å². The maximum Gasteiger partial charge on any atom is 0.0396 e. The molecule has 0 saturated heterocycles. The van der Waals surface area contributed by atoms with Gasteiger partial charge in [-0.1, -0.05) is 18.2 Å². The van der Waals surface area contributed by atoms with E-state index in [1.165, 1.54) is 11.3 Å². The molecule has 1 atom stereocenters. The van der Waals surface area contributed by atoms with Crippen LogP contribution in [0.4, 0.5) is 5.69 Å². The highest BCUT2D eigenvalue weighted by molar-refractivity contribution is 5.55. The topological polar surface area (TPSA) is 29.3 Å². The summed E-state index contributed by atoms with van der Waals surface area (Å²) in [6.45, 7) is 1.88. The number of hydrogen-bond acceptors (Lipinski definition) is 2. The number of nitrogens with two attached hydrogens (primary N) is 1. The fourth-order valence-electron chi connectivity index (χ4n) is 2.07. The van der Waals surface area contributed by atoms with E-state index >= 15 is 0 Å². The van der Waals surface area contributed by atoms with Crippen LogP contribution in [-0.2, 0) is 6.42 Å². The van der Waals surface area contributed by atoms with Crippen molar-refractivity contribution in [2.75, 3.05) is 25.0 Å². The quantitative estimate of drug-likeness (QED) is 0.698. The van der Waals surface area contributed by atoms with Crippen molar-refractivity contribution >= 4 is 5.69 Å². The summed E-state index contributed by atoms with van der Waals surface area (Å²) in [6, 6.07) is 8.58. The van der Waals surface area contributed by atoms with E-state index in [2.05, 4.69) is 36.2 Å². The van der Waals surface area contributed by atoms with E-state index in [0.717, 1.165) is 19.5 Å². The Morgan fingerprint density at radius 1 is 1.46 bits per heavy atom. The second kappa shape index (κ2) is 3.38. The lowest BCUT2D eigenvalue weighted by Crippen LogP contribution is -2.35. The summed E-state index contributed by atoms with van der Waals surface area (Å²) in [5.41, 5.74) is 8.50. The average molecular weight is 176 g/mol. The Bertz CT molecular complexity index is 296. The first-order chi connectivity index (χ1) is 6.31. The molecule has 0 spiro atoms. The predicted octanol–water partition coefficient (Wildman–Crippen LogP) is 1.25. The zero-order chi connectivity index (χ0) is 9.26. The van der Waals surface area contributed by atoms with Crippen molar-refractivity contribution in [1.82, 2.24) is 0 Å². The van der Waals surface area contributed by atoms with E-state index in [4.69, 9.17) is 5.73 Å². The summed E-state index contributed by atoms with van der Waals surface area (Å²) in [4.78, 5) is 2.30. The van der Waals surface area contributed by atoms with Crippen LogP contribution in [0.3, 0.4) is 0 Å². The number of fused-ring (bicyclic) bond motifs is 1. The number of benzene rings is 1. The van der Waals surface area contributed by atoms with Crippen LogP contribution in [0.25, 0.3) is 0 Å². The predicted molar refractivity (Wildman–Crippen MR) is 56.0 cm³/mol. The van der Waals surface area contributed by atoms with Crippen LogP contribution < -0.4 is 10.6 Å². The van der Waals surface area contributed by atoms with E-state index in [-0.39, 0.29) is 0 Å². The SMILES string of the molecule is CN1CC(CN)Cc2ccccc21. The maximum absolute atomic E-state index is 5.70. The van der Waals surface area contributed by atoms with E-state index in [9.17, 15) is 0 Å². The van der Waals surface area contributed by atoms with Gasteiger partial charge in [0.25, 0.3) is 0 Å². The number of rotatable bonds is 1. The van der Waals surface area contributed by atoms with Crippen LogP contribution in [0.15, 0.2) is 24.3 Å². The molecule has 1 aliphatic heterocycles. The molecule has 2 nitrogen and oxygen atoms in total. The average Bonchev–Trinajstić information content (AvgIpc) is 2.18. The van der Waals surface area contributed by atoms with Crippen LogP contribution in [0, 0.1) is 5.92 Å². The van der Waals surface area contributed by atoms with Crippen molar-refractivity contribution in [3.63, 3.8) is 0 Å². The monoisotopic (exact) mass is 176 g/mol. The molecule has 1 heterocycles. The molecule has 2 rings (SSSR count). The molecule has 0 bridgehead atoms. The van der Waals surface area contributed by atoms with Gasteiger partial charge in [0.05, 0.1) is 0 Å². The van der Waals surface area contributed by atoms with Crippen molar-refractivity contribution < 1.29 is 0 Å². The largest absolute Gasteiger partial charge is 0.374 e. The van der Waals surface area contributed by atoms with Gasteiger partial charge in [-0.2, -0.15) is 0 Å². The van der Waals surface area contributed by atoms with Gasteiger partial charge in [-0.25, -0.2) is 0 Å². The van der Waals surface area contributed by atoms with Gasteiger partial charge in [0.2, 0.25) is 0 Å². The number of hydrogen-bond donors (Lipinski definition) is 1. The Balaban J connectivity index is 2.31. The molecule has 0 fully saturated rings. The van der Waals surface area contributed by atoms with Gasteiger partial charge < -0.3 is 10.6 Å². The first-order valence-corrected chi connectivity index (χ1v) is 4.80. The second-order valence-corrected chi connectivity index (χ2v) is 3.82. The molecule has 2 N–H and O–H groups in total. The summed E-state index contributed by atoms with van der Waals surface area (Å²) in [5.74, 6) is 0.625. The van der Waals surface area contributed by atoms with Gasteiger partial charge in [-0.05, 0) is 30.5 Å². The zero-order valence-corrected chi connectivity index (χ0v) is 8.03. The molecular weight excluding hydrogens is 160 g/mol. The van der Waals surface area contributed by atoms with E-state index in [0.29, 0.717) is 5.92 Å². The van der Waals surface area contributed by atoms with Crippen molar-refractivity contribution in [2.45, 2.75) is 6.42 Å². The van der Waals surface area contributed by atoms with Crippen LogP contribution in [-0.4, -0.2) is 20.1 Å². The molecule has 1 aliphatic rings. The minimum absolute atomic E-state index is 0.625. The molecule has 1 aromatic rings. The number of anilines is 1. The Morgan fingerprint density at radius 2 is 2.23 bits per heavy atom. The van der Waals surface area contributed by atoms with Crippen LogP contribution in [0.5, 0.6) is 0 Å². The molecular formula is C11H16N2. The van der Waals surface area contributed by atoms with Gasteiger partial charge in [0.15, 0.2) is 0 Å². The lowest BCUT2D eigenvalue weighted by Gasteiger charge is -2.32. The number of nitrogens with zero attached hydrogens (tertiary/aromatic N) is 1. The van der Waals surface area contributed by atoms with E-state index in [1.54, 1.807) is 0 Å². The molecule has 0 aromatic heterocycles. The van der Waals surface area contributed by atoms with Gasteiger partial charge in [0, 0.05) is 19.3 Å². The fraction of sp³-hybridized carbons (Fsp3) is 0.455. The summed E-state index contributed by atoms with van der Waals surface area (Å²) in [5, 5.41) is 0. The smallest absolute Gasteiger partial charge is 0.0396 e. The molecule has 1 unspecified atom stereocenters. The van der Waals surface area contributed by atoms with Crippen LogP contribution in [0.1, 0.15) is 5.56 Å². The highest BCUT2D eigenvalue weighted by atomic mass is 15.1. The molecule has 70 valence electrons. The highest BCUT2D eigenvalue weighted by Crippen LogP contribution is 2.27. The second-order valence-electron chi connectivity index (χ2n) is 3.82. The third kappa shape index (κ3) is 1.54. The maximum atomic E-state index is 5.70. The molecule has 13 heavy (non-hydrogen) atoms. The Hall–Kier alpha value is -1.02. The minimum atomic E-state index is 0.625. The Kier molecular flexibility index (Phi) is 2.23. The molecule has 0 amide bonds. The van der Waals surface area contributed by atoms with Crippen LogP contribution >= 0.6 is 0 Å². The van der Waals surface area contributed by atoms with Crippen molar-refractivity contribution in [1.29, 1.82) is 0 Å². The Labute approximate surface area is 79.4 Å². The highest BCUT2D eigenvalue weighted by Gasteiger charge is 2.19. The fourth-order valence-corrected chi connectivity index (χ4v) is 2.07. The zero-order valence-electron chi connectivity index (χ0n) is 8.03. The lowest BCUT2D eigenvalue weighted by atomic mass is 9.93. The normalized spacial score (nSPS) is 21.4. The van der Waals surface area contributed by atoms with Gasteiger partial charge in [-0.3, -0.25) is 0 Å². The Morgan fingerprint density at radius 3 is 3.00 bits per heavy atom. The summed E-state index contributed by atoms with van der Waals surface area (Å²) in [6.07, 6.45) is 1.14. The third-order valence-corrected chi connectivity index (χ3v) is 2.78. The minimum Gasteiger partial charge on any atom is -0.374 e. The molecule has 0 aliphatic carbocycles. The lowest BCUT2D eigenvalue weighted by molar-refractivity contribution is 0.515. The van der Waals surface area contributed by atoms with E-state index in [1.807, 2.05) is 0 Å². The summed E-state index contributed by atoms with van der Waals surface area (Å²) < 4.78 is 0. The van der Waals surface area contributed by atoms with Gasteiger partial charge in [0.1, 0.15) is 0 Å².